The Morgan fingerprint density at radius 2 is 2.21 bits per heavy atom. The van der Waals surface area contributed by atoms with Crippen LogP contribution in [0.2, 0.25) is 0 Å². The van der Waals surface area contributed by atoms with Crippen LogP contribution in [0.4, 0.5) is 5.82 Å². The molecule has 0 bridgehead atoms. The van der Waals surface area contributed by atoms with Gasteiger partial charge in [-0.25, -0.2) is 4.98 Å². The molecule has 0 saturated carbocycles. The number of carbonyl (C=O) groups is 1. The lowest BCUT2D eigenvalue weighted by molar-refractivity contribution is -0.132. The summed E-state index contributed by atoms with van der Waals surface area (Å²) in [5.41, 5.74) is 7.66. The molecule has 5 heteroatoms. The summed E-state index contributed by atoms with van der Waals surface area (Å²) in [6.45, 7) is 2.71. The van der Waals surface area contributed by atoms with Gasteiger partial charge in [0, 0.05) is 25.0 Å². The maximum Gasteiger partial charge on any atom is 0.236 e. The molecule has 1 saturated heterocycles. The van der Waals surface area contributed by atoms with Gasteiger partial charge in [-0.1, -0.05) is 6.07 Å². The number of hydrogen-bond acceptors (Lipinski definition) is 4. The third-order valence-corrected chi connectivity index (χ3v) is 3.34. The molecule has 1 fully saturated rings. The maximum absolute atomic E-state index is 11.7. The number of piperazine rings is 1. The first-order valence-electron chi connectivity index (χ1n) is 6.36. The minimum Gasteiger partial charge on any atom is -0.384 e. The van der Waals surface area contributed by atoms with Gasteiger partial charge >= 0.3 is 0 Å². The maximum atomic E-state index is 11.7. The Balaban J connectivity index is 1.85. The lowest BCUT2D eigenvalue weighted by Gasteiger charge is -2.27. The zero-order valence-corrected chi connectivity index (χ0v) is 10.6. The van der Waals surface area contributed by atoms with E-state index in [4.69, 9.17) is 5.73 Å². The normalized spacial score (nSPS) is 16.0. The third kappa shape index (κ3) is 2.51. The molecule has 98 valence electrons. The molecule has 0 atom stereocenters. The van der Waals surface area contributed by atoms with E-state index in [-0.39, 0.29) is 5.91 Å². The van der Waals surface area contributed by atoms with Crippen molar-refractivity contribution >= 4 is 22.6 Å². The molecule has 2 heterocycles. The highest BCUT2D eigenvalue weighted by molar-refractivity contribution is 5.81. The van der Waals surface area contributed by atoms with E-state index in [1.807, 2.05) is 23.1 Å². The van der Waals surface area contributed by atoms with Crippen molar-refractivity contribution in [1.29, 1.82) is 0 Å². The highest BCUT2D eigenvalue weighted by Gasteiger charge is 2.17. The fourth-order valence-electron chi connectivity index (χ4n) is 2.32. The van der Waals surface area contributed by atoms with Crippen LogP contribution in [0.1, 0.15) is 5.56 Å². The van der Waals surface area contributed by atoms with E-state index in [1.165, 1.54) is 0 Å². The van der Waals surface area contributed by atoms with Crippen LogP contribution in [0.25, 0.3) is 10.9 Å². The summed E-state index contributed by atoms with van der Waals surface area (Å²) >= 11 is 0. The van der Waals surface area contributed by atoms with E-state index in [9.17, 15) is 4.79 Å². The summed E-state index contributed by atoms with van der Waals surface area (Å²) in [5, 5.41) is 4.12. The van der Waals surface area contributed by atoms with Gasteiger partial charge in [0.25, 0.3) is 0 Å². The quantitative estimate of drug-likeness (QED) is 0.831. The fourth-order valence-corrected chi connectivity index (χ4v) is 2.32. The number of anilines is 1. The first-order valence-corrected chi connectivity index (χ1v) is 6.36. The highest BCUT2D eigenvalue weighted by atomic mass is 16.2. The van der Waals surface area contributed by atoms with Gasteiger partial charge in [-0.15, -0.1) is 0 Å². The molecule has 0 spiro atoms. The van der Waals surface area contributed by atoms with Gasteiger partial charge < -0.3 is 16.0 Å². The summed E-state index contributed by atoms with van der Waals surface area (Å²) in [4.78, 5) is 17.9. The van der Waals surface area contributed by atoms with Crippen LogP contribution >= 0.6 is 0 Å². The first kappa shape index (κ1) is 11.9. The van der Waals surface area contributed by atoms with Gasteiger partial charge in [0.05, 0.1) is 12.1 Å². The molecule has 3 N–H and O–H groups in total. The number of nitrogens with two attached hydrogens (primary N) is 1. The topological polar surface area (TPSA) is 71.2 Å². The van der Waals surface area contributed by atoms with Crippen molar-refractivity contribution in [2.45, 2.75) is 6.54 Å². The van der Waals surface area contributed by atoms with Crippen molar-refractivity contribution in [3.05, 3.63) is 35.9 Å². The Hall–Kier alpha value is -2.14. The van der Waals surface area contributed by atoms with Crippen molar-refractivity contribution in [2.24, 2.45) is 0 Å². The Morgan fingerprint density at radius 1 is 1.32 bits per heavy atom. The average molecular weight is 256 g/mol. The smallest absolute Gasteiger partial charge is 0.236 e. The molecule has 2 aromatic rings. The van der Waals surface area contributed by atoms with Crippen LogP contribution < -0.4 is 11.1 Å². The van der Waals surface area contributed by atoms with Gasteiger partial charge in [-0.05, 0) is 29.8 Å². The Labute approximate surface area is 111 Å². The predicted octanol–water partition coefficient (Wildman–Crippen LogP) is 0.749. The van der Waals surface area contributed by atoms with Crippen molar-refractivity contribution < 1.29 is 4.79 Å². The van der Waals surface area contributed by atoms with Crippen molar-refractivity contribution in [3.63, 3.8) is 0 Å². The summed E-state index contributed by atoms with van der Waals surface area (Å²) in [5.74, 6) is 0.680. The van der Waals surface area contributed by atoms with Crippen LogP contribution in [0, 0.1) is 0 Å². The number of hydrogen-bond donors (Lipinski definition) is 2. The van der Waals surface area contributed by atoms with E-state index in [0.29, 0.717) is 18.9 Å². The number of aromatic nitrogens is 1. The molecule has 1 aromatic heterocycles. The van der Waals surface area contributed by atoms with Crippen LogP contribution in [0.15, 0.2) is 30.3 Å². The Kier molecular flexibility index (Phi) is 3.05. The Morgan fingerprint density at radius 3 is 3.05 bits per heavy atom. The van der Waals surface area contributed by atoms with Crippen molar-refractivity contribution in [3.8, 4) is 0 Å². The number of pyridine rings is 1. The standard InChI is InChI=1S/C14H16N4O/c15-13-4-2-11-7-10(1-3-12(11)17-13)9-18-6-5-16-8-14(18)19/h1-4,7,16H,5-6,8-9H2,(H2,15,17). The summed E-state index contributed by atoms with van der Waals surface area (Å²) in [6, 6.07) is 9.78. The lowest BCUT2D eigenvalue weighted by Crippen LogP contribution is -2.47. The number of nitrogen functional groups attached to an aromatic ring is 1. The zero-order valence-electron chi connectivity index (χ0n) is 10.6. The zero-order chi connectivity index (χ0) is 13.2. The van der Waals surface area contributed by atoms with Crippen LogP contribution in [-0.2, 0) is 11.3 Å². The van der Waals surface area contributed by atoms with Gasteiger partial charge in [0.15, 0.2) is 0 Å². The van der Waals surface area contributed by atoms with E-state index in [2.05, 4.69) is 16.4 Å². The average Bonchev–Trinajstić information content (AvgIpc) is 2.41. The second-order valence-electron chi connectivity index (χ2n) is 4.76. The second kappa shape index (κ2) is 4.85. The molecule has 0 radical (unpaired) electrons. The monoisotopic (exact) mass is 256 g/mol. The van der Waals surface area contributed by atoms with Crippen LogP contribution in [-0.4, -0.2) is 35.4 Å². The minimum atomic E-state index is 0.154. The molecule has 1 aliphatic heterocycles. The van der Waals surface area contributed by atoms with Gasteiger partial charge in [0.1, 0.15) is 5.82 Å². The fraction of sp³-hybridized carbons (Fsp3) is 0.286. The highest BCUT2D eigenvalue weighted by Crippen LogP contribution is 2.17. The summed E-state index contributed by atoms with van der Waals surface area (Å²) < 4.78 is 0. The van der Waals surface area contributed by atoms with E-state index < -0.39 is 0 Å². The van der Waals surface area contributed by atoms with Gasteiger partial charge in [-0.3, -0.25) is 4.79 Å². The van der Waals surface area contributed by atoms with Gasteiger partial charge in [0.2, 0.25) is 5.91 Å². The predicted molar refractivity (Wildman–Crippen MR) is 74.4 cm³/mol. The molecule has 0 unspecified atom stereocenters. The summed E-state index contributed by atoms with van der Waals surface area (Å²) in [7, 11) is 0. The van der Waals surface area contributed by atoms with E-state index in [0.717, 1.165) is 29.6 Å². The molecule has 1 amide bonds. The molecule has 1 aromatic carbocycles. The molecule has 0 aliphatic carbocycles. The number of nitrogens with one attached hydrogen (secondary N) is 1. The number of nitrogens with zero attached hydrogens (tertiary/aromatic N) is 2. The first-order chi connectivity index (χ1) is 9.22. The number of carbonyl (C=O) groups excluding carboxylic acids is 1. The van der Waals surface area contributed by atoms with Crippen LogP contribution in [0.3, 0.4) is 0 Å². The number of amides is 1. The number of benzene rings is 1. The number of rotatable bonds is 2. The van der Waals surface area contributed by atoms with E-state index in [1.54, 1.807) is 6.07 Å². The third-order valence-electron chi connectivity index (χ3n) is 3.34. The second-order valence-corrected chi connectivity index (χ2v) is 4.76. The SMILES string of the molecule is Nc1ccc2cc(CN3CCNCC3=O)ccc2n1. The Bertz CT molecular complexity index is 626. The van der Waals surface area contributed by atoms with Gasteiger partial charge in [-0.2, -0.15) is 0 Å². The molecule has 19 heavy (non-hydrogen) atoms. The minimum absolute atomic E-state index is 0.154. The molecular formula is C14H16N4O. The molecule has 3 rings (SSSR count). The molecular weight excluding hydrogens is 240 g/mol. The van der Waals surface area contributed by atoms with Crippen molar-refractivity contribution in [2.75, 3.05) is 25.4 Å². The summed E-state index contributed by atoms with van der Waals surface area (Å²) in [6.07, 6.45) is 0. The van der Waals surface area contributed by atoms with Crippen LogP contribution in [0.5, 0.6) is 0 Å². The van der Waals surface area contributed by atoms with E-state index >= 15 is 0 Å². The van der Waals surface area contributed by atoms with Crippen molar-refractivity contribution in [1.82, 2.24) is 15.2 Å². The molecule has 5 nitrogen and oxygen atoms in total. The lowest BCUT2D eigenvalue weighted by atomic mass is 10.1. The largest absolute Gasteiger partial charge is 0.384 e. The number of fused-ring (bicyclic) bond motifs is 1. The molecule has 1 aliphatic rings.